The van der Waals surface area contributed by atoms with E-state index in [2.05, 4.69) is 20.3 Å². The maximum absolute atomic E-state index is 13.4. The molecule has 7 nitrogen and oxygen atoms in total. The molecule has 2 heterocycles. The molecule has 0 bridgehead atoms. The van der Waals surface area contributed by atoms with Crippen LogP contribution in [-0.2, 0) is 16.2 Å². The second kappa shape index (κ2) is 9.64. The van der Waals surface area contributed by atoms with Crippen LogP contribution in [0.25, 0.3) is 0 Å². The van der Waals surface area contributed by atoms with Crippen molar-refractivity contribution in [1.82, 2.24) is 10.3 Å². The first kappa shape index (κ1) is 25.8. The summed E-state index contributed by atoms with van der Waals surface area (Å²) in [7, 11) is -2.04. The number of halogens is 4. The van der Waals surface area contributed by atoms with Gasteiger partial charge in [0.2, 0.25) is 10.0 Å². The summed E-state index contributed by atoms with van der Waals surface area (Å²) in [4.78, 5) is 5.85. The van der Waals surface area contributed by atoms with E-state index in [1.165, 1.54) is 29.0 Å². The minimum Gasteiger partial charge on any atom is -0.368 e. The van der Waals surface area contributed by atoms with Gasteiger partial charge in [-0.05, 0) is 44.7 Å². The predicted octanol–water partition coefficient (Wildman–Crippen LogP) is 4.98. The molecule has 2 atom stereocenters. The van der Waals surface area contributed by atoms with Crippen molar-refractivity contribution < 1.29 is 21.6 Å². The Bertz CT molecular complexity index is 1250. The van der Waals surface area contributed by atoms with Crippen LogP contribution in [0.3, 0.4) is 0 Å². The van der Waals surface area contributed by atoms with E-state index in [9.17, 15) is 21.6 Å². The highest BCUT2D eigenvalue weighted by atomic mass is 35.5. The van der Waals surface area contributed by atoms with Crippen molar-refractivity contribution in [2.45, 2.75) is 36.7 Å². The molecular weight excluding hydrogens is 523 g/mol. The van der Waals surface area contributed by atoms with Crippen molar-refractivity contribution in [3.05, 3.63) is 57.5 Å². The Kier molecular flexibility index (Phi) is 7.11. The second-order valence-corrected chi connectivity index (χ2v) is 12.0. The van der Waals surface area contributed by atoms with Crippen LogP contribution in [0, 0.1) is 0 Å². The lowest BCUT2D eigenvalue weighted by Crippen LogP contribution is -2.39. The van der Waals surface area contributed by atoms with Crippen molar-refractivity contribution in [2.24, 2.45) is 0 Å². The highest BCUT2D eigenvalue weighted by molar-refractivity contribution is 7.94. The number of sulfonamides is 1. The van der Waals surface area contributed by atoms with Crippen molar-refractivity contribution >= 4 is 50.2 Å². The van der Waals surface area contributed by atoms with Crippen molar-refractivity contribution in [1.29, 1.82) is 0 Å². The lowest BCUT2D eigenvalue weighted by molar-refractivity contribution is -0.137. The molecule has 1 aromatic heterocycles. The van der Waals surface area contributed by atoms with Gasteiger partial charge < -0.3 is 15.5 Å². The van der Waals surface area contributed by atoms with Gasteiger partial charge in [0.1, 0.15) is 10.6 Å². The molecule has 1 aliphatic carbocycles. The summed E-state index contributed by atoms with van der Waals surface area (Å²) in [6, 6.07) is 3.70. The summed E-state index contributed by atoms with van der Waals surface area (Å²) < 4.78 is 67.4. The minimum absolute atomic E-state index is 0.0195. The topological polar surface area (TPSA) is 86.4 Å². The first-order chi connectivity index (χ1) is 16.4. The van der Waals surface area contributed by atoms with Crippen LogP contribution in [0.5, 0.6) is 0 Å². The predicted molar refractivity (Wildman–Crippen MR) is 134 cm³/mol. The molecule has 13 heteroatoms. The van der Waals surface area contributed by atoms with E-state index in [0.717, 1.165) is 18.6 Å². The van der Waals surface area contributed by atoms with E-state index in [0.29, 0.717) is 30.2 Å². The number of hydrogen-bond acceptors (Lipinski definition) is 7. The lowest BCUT2D eigenvalue weighted by atomic mass is 10.00. The van der Waals surface area contributed by atoms with Gasteiger partial charge in [0.25, 0.3) is 0 Å². The molecule has 190 valence electrons. The Balaban J connectivity index is 1.60. The number of rotatable bonds is 7. The summed E-state index contributed by atoms with van der Waals surface area (Å²) in [6.07, 6.45) is -0.621. The molecule has 0 saturated carbocycles. The normalized spacial score (nSPS) is 23.1. The third-order valence-corrected chi connectivity index (χ3v) is 9.13. The SMILES string of the molecule is CNC1CCN(c2cc(C(F)(F)F)ccc2NC2=C(Cl)CC(C)(S(=O)(=O)Nc3cscn3)C=C2)C1. The number of thiazole rings is 1. The Morgan fingerprint density at radius 1 is 1.31 bits per heavy atom. The Morgan fingerprint density at radius 2 is 2.09 bits per heavy atom. The van der Waals surface area contributed by atoms with Crippen LogP contribution in [0.15, 0.2) is 52.0 Å². The first-order valence-corrected chi connectivity index (χ1v) is 13.6. The third-order valence-electron chi connectivity index (χ3n) is 6.22. The number of likely N-dealkylation sites (N-methyl/N-ethyl adjacent to an activating group) is 1. The van der Waals surface area contributed by atoms with Crippen LogP contribution < -0.4 is 20.3 Å². The van der Waals surface area contributed by atoms with Gasteiger partial charge in [-0.3, -0.25) is 4.72 Å². The molecule has 1 aromatic carbocycles. The Labute approximate surface area is 211 Å². The van der Waals surface area contributed by atoms with Gasteiger partial charge in [0, 0.05) is 36.0 Å². The van der Waals surface area contributed by atoms with E-state index in [-0.39, 0.29) is 23.3 Å². The van der Waals surface area contributed by atoms with Crippen LogP contribution in [-0.4, -0.2) is 44.3 Å². The summed E-state index contributed by atoms with van der Waals surface area (Å²) >= 11 is 7.79. The highest BCUT2D eigenvalue weighted by Gasteiger charge is 2.40. The van der Waals surface area contributed by atoms with Gasteiger partial charge in [-0.25, -0.2) is 13.4 Å². The van der Waals surface area contributed by atoms with Crippen LogP contribution in [0.2, 0.25) is 0 Å². The number of nitrogens with zero attached hydrogens (tertiary/aromatic N) is 2. The van der Waals surface area contributed by atoms with E-state index in [1.54, 1.807) is 18.4 Å². The summed E-state index contributed by atoms with van der Waals surface area (Å²) in [5.74, 6) is 0.230. The summed E-state index contributed by atoms with van der Waals surface area (Å²) in [6.45, 7) is 2.71. The van der Waals surface area contributed by atoms with Gasteiger partial charge in [-0.15, -0.1) is 11.3 Å². The molecule has 4 rings (SSSR count). The average molecular weight is 548 g/mol. The molecule has 2 aliphatic rings. The zero-order valence-corrected chi connectivity index (χ0v) is 21.4. The van der Waals surface area contributed by atoms with Crippen LogP contribution >= 0.6 is 22.9 Å². The standard InChI is InChI=1S/C22H25ClF3N5O2S2/c1-21(35(32,33)30-20-12-34-13-28-20)7-5-17(16(23)10-21)29-18-4-3-14(22(24,25)26)9-19(18)31-8-6-15(11-31)27-2/h3-5,7,9,12-13,15,27,29-30H,6,8,10-11H2,1-2H3. The number of benzene rings is 1. The fourth-order valence-corrected chi connectivity index (χ4v) is 6.29. The molecule has 0 spiro atoms. The second-order valence-electron chi connectivity index (χ2n) is 8.70. The maximum atomic E-state index is 13.4. The first-order valence-electron chi connectivity index (χ1n) is 10.8. The zero-order chi connectivity index (χ0) is 25.4. The monoisotopic (exact) mass is 547 g/mol. The lowest BCUT2D eigenvalue weighted by Gasteiger charge is -2.30. The van der Waals surface area contributed by atoms with Gasteiger partial charge in [-0.2, -0.15) is 13.2 Å². The average Bonchev–Trinajstić information content (AvgIpc) is 3.47. The van der Waals surface area contributed by atoms with Gasteiger partial charge >= 0.3 is 6.18 Å². The van der Waals surface area contributed by atoms with Gasteiger partial charge in [0.15, 0.2) is 0 Å². The molecule has 1 fully saturated rings. The Morgan fingerprint density at radius 3 is 2.69 bits per heavy atom. The quantitative estimate of drug-likeness (QED) is 0.453. The smallest absolute Gasteiger partial charge is 0.368 e. The Hall–Kier alpha value is -2.28. The van der Waals surface area contributed by atoms with Crippen LogP contribution in [0.1, 0.15) is 25.3 Å². The molecule has 35 heavy (non-hydrogen) atoms. The zero-order valence-electron chi connectivity index (χ0n) is 19.0. The fraction of sp³-hybridized carbons (Fsp3) is 0.409. The van der Waals surface area contributed by atoms with E-state index in [1.807, 2.05) is 11.9 Å². The summed E-state index contributed by atoms with van der Waals surface area (Å²) in [5, 5.41) is 8.12. The number of hydrogen-bond donors (Lipinski definition) is 3. The van der Waals surface area contributed by atoms with Crippen molar-refractivity contribution in [3.63, 3.8) is 0 Å². The van der Waals surface area contributed by atoms with E-state index >= 15 is 0 Å². The molecule has 2 aromatic rings. The molecule has 1 saturated heterocycles. The summed E-state index contributed by atoms with van der Waals surface area (Å²) in [5.41, 5.74) is 2.08. The minimum atomic E-state index is -4.47. The number of alkyl halides is 3. The molecule has 2 unspecified atom stereocenters. The number of allylic oxidation sites excluding steroid dienone is 2. The van der Waals surface area contributed by atoms with Gasteiger partial charge in [-0.1, -0.05) is 17.7 Å². The molecule has 3 N–H and O–H groups in total. The van der Waals surface area contributed by atoms with Crippen molar-refractivity contribution in [2.75, 3.05) is 35.1 Å². The number of nitrogens with one attached hydrogen (secondary N) is 3. The molecular formula is C22H25ClF3N5O2S2. The molecule has 1 aliphatic heterocycles. The van der Waals surface area contributed by atoms with Crippen LogP contribution in [0.4, 0.5) is 30.4 Å². The maximum Gasteiger partial charge on any atom is 0.416 e. The molecule has 0 radical (unpaired) electrons. The van der Waals surface area contributed by atoms with Crippen molar-refractivity contribution in [3.8, 4) is 0 Å². The number of anilines is 3. The largest absolute Gasteiger partial charge is 0.416 e. The number of aromatic nitrogens is 1. The van der Waals surface area contributed by atoms with E-state index in [4.69, 9.17) is 11.6 Å². The third kappa shape index (κ3) is 5.45. The molecule has 0 amide bonds. The fourth-order valence-electron chi connectivity index (χ4n) is 4.06. The highest BCUT2D eigenvalue weighted by Crippen LogP contribution is 2.40. The van der Waals surface area contributed by atoms with Gasteiger partial charge in [0.05, 0.1) is 28.1 Å². The van der Waals surface area contributed by atoms with E-state index < -0.39 is 26.5 Å².